The quantitative estimate of drug-likeness (QED) is 0.788. The summed E-state index contributed by atoms with van der Waals surface area (Å²) in [7, 11) is -3.98. The number of rotatable bonds is 6. The van der Waals surface area contributed by atoms with Gasteiger partial charge in [-0.15, -0.1) is 0 Å². The Bertz CT molecular complexity index is 647. The van der Waals surface area contributed by atoms with E-state index in [2.05, 4.69) is 0 Å². The van der Waals surface area contributed by atoms with Gasteiger partial charge in [0, 0.05) is 18.7 Å². The number of furan rings is 1. The molecule has 1 amide bonds. The minimum Gasteiger partial charge on any atom is -0.481 e. The van der Waals surface area contributed by atoms with Crippen LogP contribution in [0.15, 0.2) is 15.4 Å². The average Bonchev–Trinajstić information content (AvgIpc) is 2.70. The van der Waals surface area contributed by atoms with Crippen LogP contribution in [0, 0.1) is 6.92 Å². The number of hydrogen-bond donors (Lipinski definition) is 2. The Labute approximate surface area is 122 Å². The van der Waals surface area contributed by atoms with Crippen LogP contribution in [-0.2, 0) is 14.8 Å². The second-order valence-corrected chi connectivity index (χ2v) is 6.34. The third-order valence-electron chi connectivity index (χ3n) is 2.84. The molecule has 8 nitrogen and oxygen atoms in total. The summed E-state index contributed by atoms with van der Waals surface area (Å²) in [6.45, 7) is 4.82. The molecule has 0 bridgehead atoms. The second kappa shape index (κ2) is 6.27. The molecule has 3 N–H and O–H groups in total. The molecule has 0 fully saturated rings. The van der Waals surface area contributed by atoms with E-state index in [1.807, 2.05) is 0 Å². The fraction of sp³-hybridized carbons (Fsp3) is 0.500. The van der Waals surface area contributed by atoms with Gasteiger partial charge in [-0.25, -0.2) is 13.6 Å². The number of aliphatic carboxylic acids is 1. The first kappa shape index (κ1) is 17.2. The van der Waals surface area contributed by atoms with Crippen molar-refractivity contribution in [3.63, 3.8) is 0 Å². The van der Waals surface area contributed by atoms with Gasteiger partial charge < -0.3 is 14.4 Å². The number of aryl methyl sites for hydroxylation is 1. The van der Waals surface area contributed by atoms with Gasteiger partial charge in [-0.05, 0) is 20.8 Å². The molecule has 0 saturated carbocycles. The van der Waals surface area contributed by atoms with Crippen molar-refractivity contribution in [3.05, 3.63) is 17.6 Å². The SMILES string of the molecule is Cc1oc(C(=O)N(CCC(=O)O)C(C)C)cc1S(N)(=O)=O. The number of carbonyl (C=O) groups is 2. The maximum atomic E-state index is 12.3. The van der Waals surface area contributed by atoms with Crippen molar-refractivity contribution < 1.29 is 27.5 Å². The van der Waals surface area contributed by atoms with Gasteiger partial charge in [-0.1, -0.05) is 0 Å². The highest BCUT2D eigenvalue weighted by molar-refractivity contribution is 7.89. The van der Waals surface area contributed by atoms with Crippen LogP contribution in [-0.4, -0.2) is 42.9 Å². The molecule has 21 heavy (non-hydrogen) atoms. The Hall–Kier alpha value is -1.87. The van der Waals surface area contributed by atoms with Crippen molar-refractivity contribution in [1.82, 2.24) is 4.90 Å². The lowest BCUT2D eigenvalue weighted by Crippen LogP contribution is -2.38. The zero-order chi connectivity index (χ0) is 16.4. The van der Waals surface area contributed by atoms with E-state index in [9.17, 15) is 18.0 Å². The minimum absolute atomic E-state index is 0.00368. The third-order valence-corrected chi connectivity index (χ3v) is 3.86. The van der Waals surface area contributed by atoms with Crippen molar-refractivity contribution in [2.75, 3.05) is 6.54 Å². The van der Waals surface area contributed by atoms with E-state index in [4.69, 9.17) is 14.7 Å². The van der Waals surface area contributed by atoms with E-state index in [1.165, 1.54) is 11.8 Å². The molecular weight excluding hydrogens is 300 g/mol. The highest BCUT2D eigenvalue weighted by Crippen LogP contribution is 2.20. The molecule has 1 rings (SSSR count). The third kappa shape index (κ3) is 4.30. The molecule has 0 atom stereocenters. The molecule has 0 aliphatic rings. The number of carbonyl (C=O) groups excluding carboxylic acids is 1. The van der Waals surface area contributed by atoms with Crippen molar-refractivity contribution in [3.8, 4) is 0 Å². The lowest BCUT2D eigenvalue weighted by Gasteiger charge is -2.25. The Morgan fingerprint density at radius 1 is 1.43 bits per heavy atom. The van der Waals surface area contributed by atoms with Crippen molar-refractivity contribution in [2.24, 2.45) is 5.14 Å². The predicted octanol–water partition coefficient (Wildman–Crippen LogP) is 0.561. The fourth-order valence-corrected chi connectivity index (χ4v) is 2.52. The number of hydrogen-bond acceptors (Lipinski definition) is 5. The molecule has 0 radical (unpaired) electrons. The number of carboxylic acids is 1. The zero-order valence-corrected chi connectivity index (χ0v) is 12.8. The summed E-state index contributed by atoms with van der Waals surface area (Å²) in [6, 6.07) is 0.795. The average molecular weight is 318 g/mol. The summed E-state index contributed by atoms with van der Waals surface area (Å²) in [5, 5.41) is 13.7. The molecule has 0 aliphatic heterocycles. The number of nitrogens with zero attached hydrogens (tertiary/aromatic N) is 1. The lowest BCUT2D eigenvalue weighted by atomic mass is 10.2. The Balaban J connectivity index is 3.08. The van der Waals surface area contributed by atoms with Crippen LogP contribution in [0.2, 0.25) is 0 Å². The minimum atomic E-state index is -3.98. The maximum Gasteiger partial charge on any atom is 0.305 e. The summed E-state index contributed by atoms with van der Waals surface area (Å²) in [6.07, 6.45) is -0.217. The molecule has 118 valence electrons. The van der Waals surface area contributed by atoms with E-state index >= 15 is 0 Å². The highest BCUT2D eigenvalue weighted by Gasteiger charge is 2.26. The number of carboxylic acid groups (broad SMARTS) is 1. The first-order valence-corrected chi connectivity index (χ1v) is 7.74. The van der Waals surface area contributed by atoms with E-state index < -0.39 is 21.9 Å². The Kier molecular flexibility index (Phi) is 5.13. The second-order valence-electron chi connectivity index (χ2n) is 4.81. The molecule has 1 heterocycles. The van der Waals surface area contributed by atoms with Crippen LogP contribution in [0.5, 0.6) is 0 Å². The summed E-state index contributed by atoms with van der Waals surface area (Å²) >= 11 is 0. The summed E-state index contributed by atoms with van der Waals surface area (Å²) < 4.78 is 27.8. The Morgan fingerprint density at radius 3 is 2.38 bits per heavy atom. The van der Waals surface area contributed by atoms with E-state index in [0.717, 1.165) is 6.07 Å². The smallest absolute Gasteiger partial charge is 0.305 e. The van der Waals surface area contributed by atoms with Gasteiger partial charge in [0.1, 0.15) is 10.7 Å². The molecule has 0 aromatic carbocycles. The monoisotopic (exact) mass is 318 g/mol. The van der Waals surface area contributed by atoms with Crippen LogP contribution >= 0.6 is 0 Å². The summed E-state index contributed by atoms with van der Waals surface area (Å²) in [4.78, 5) is 23.9. The molecule has 0 spiro atoms. The topological polar surface area (TPSA) is 131 Å². The summed E-state index contributed by atoms with van der Waals surface area (Å²) in [5.74, 6) is -1.78. The number of nitrogens with two attached hydrogens (primary N) is 1. The highest BCUT2D eigenvalue weighted by atomic mass is 32.2. The van der Waals surface area contributed by atoms with E-state index in [-0.39, 0.29) is 35.4 Å². The molecular formula is C12H18N2O6S. The predicted molar refractivity (Wildman–Crippen MR) is 73.2 cm³/mol. The normalized spacial score (nSPS) is 11.7. The van der Waals surface area contributed by atoms with Crippen molar-refractivity contribution in [1.29, 1.82) is 0 Å². The fourth-order valence-electron chi connectivity index (χ4n) is 1.81. The van der Waals surface area contributed by atoms with Crippen molar-refractivity contribution >= 4 is 21.9 Å². The van der Waals surface area contributed by atoms with Gasteiger partial charge in [0.05, 0.1) is 6.42 Å². The van der Waals surface area contributed by atoms with Gasteiger partial charge in [0.2, 0.25) is 10.0 Å². The van der Waals surface area contributed by atoms with E-state index in [1.54, 1.807) is 13.8 Å². The Morgan fingerprint density at radius 2 is 2.00 bits per heavy atom. The van der Waals surface area contributed by atoms with Crippen LogP contribution < -0.4 is 5.14 Å². The van der Waals surface area contributed by atoms with Gasteiger partial charge in [0.15, 0.2) is 5.76 Å². The number of amides is 1. The molecule has 9 heteroatoms. The van der Waals surface area contributed by atoms with Gasteiger partial charge in [-0.3, -0.25) is 9.59 Å². The maximum absolute atomic E-state index is 12.3. The first-order chi connectivity index (χ1) is 9.54. The standard InChI is InChI=1S/C12H18N2O6S/c1-7(2)14(5-4-11(15)16)12(17)9-6-10(8(3)20-9)21(13,18)19/h6-7H,4-5H2,1-3H3,(H,15,16)(H2,13,18,19). The molecule has 0 unspecified atom stereocenters. The van der Waals surface area contributed by atoms with Gasteiger partial charge >= 0.3 is 5.97 Å². The van der Waals surface area contributed by atoms with Crippen LogP contribution in [0.4, 0.5) is 0 Å². The molecule has 0 saturated heterocycles. The summed E-state index contributed by atoms with van der Waals surface area (Å²) in [5.41, 5.74) is 0. The van der Waals surface area contributed by atoms with Crippen LogP contribution in [0.3, 0.4) is 0 Å². The van der Waals surface area contributed by atoms with Crippen molar-refractivity contribution in [2.45, 2.75) is 38.1 Å². The molecule has 0 aliphatic carbocycles. The molecule has 1 aromatic rings. The van der Waals surface area contributed by atoms with Gasteiger partial charge in [-0.2, -0.15) is 0 Å². The number of sulfonamides is 1. The van der Waals surface area contributed by atoms with Crippen LogP contribution in [0.25, 0.3) is 0 Å². The zero-order valence-electron chi connectivity index (χ0n) is 12.0. The lowest BCUT2D eigenvalue weighted by molar-refractivity contribution is -0.137. The van der Waals surface area contributed by atoms with E-state index in [0.29, 0.717) is 0 Å². The first-order valence-electron chi connectivity index (χ1n) is 6.20. The van der Waals surface area contributed by atoms with Gasteiger partial charge in [0.25, 0.3) is 5.91 Å². The van der Waals surface area contributed by atoms with Crippen LogP contribution in [0.1, 0.15) is 36.6 Å². The number of primary sulfonamides is 1. The largest absolute Gasteiger partial charge is 0.481 e. The molecule has 1 aromatic heterocycles.